The Morgan fingerprint density at radius 2 is 2.30 bits per heavy atom. The maximum Gasteiger partial charge on any atom is 0.242 e. The predicted molar refractivity (Wildman–Crippen MR) is 88.0 cm³/mol. The molecular formula is C17H22N4O2. The third-order valence-corrected chi connectivity index (χ3v) is 4.22. The fourth-order valence-electron chi connectivity index (χ4n) is 2.91. The number of fused-ring (bicyclic) bond motifs is 1. The minimum absolute atomic E-state index is 0.0451. The van der Waals surface area contributed by atoms with Crippen molar-refractivity contribution in [1.29, 1.82) is 0 Å². The Morgan fingerprint density at radius 1 is 1.48 bits per heavy atom. The van der Waals surface area contributed by atoms with Gasteiger partial charge in [-0.1, -0.05) is 6.07 Å². The first-order valence-electron chi connectivity index (χ1n) is 8.07. The molecule has 0 radical (unpaired) electrons. The van der Waals surface area contributed by atoms with Gasteiger partial charge >= 0.3 is 0 Å². The first-order valence-corrected chi connectivity index (χ1v) is 8.07. The van der Waals surface area contributed by atoms with Crippen molar-refractivity contribution in [3.05, 3.63) is 30.1 Å². The Bertz CT molecular complexity index is 735. The van der Waals surface area contributed by atoms with Crippen molar-refractivity contribution in [3.63, 3.8) is 0 Å². The summed E-state index contributed by atoms with van der Waals surface area (Å²) in [6.45, 7) is 4.82. The topological polar surface area (TPSA) is 76.0 Å². The second-order valence-corrected chi connectivity index (χ2v) is 6.27. The Hall–Kier alpha value is -2.37. The van der Waals surface area contributed by atoms with Gasteiger partial charge < -0.3 is 15.2 Å². The molecule has 1 fully saturated rings. The van der Waals surface area contributed by atoms with Crippen molar-refractivity contribution in [2.45, 2.75) is 45.2 Å². The van der Waals surface area contributed by atoms with Gasteiger partial charge in [-0.15, -0.1) is 0 Å². The highest BCUT2D eigenvalue weighted by Crippen LogP contribution is 2.19. The van der Waals surface area contributed by atoms with Crippen molar-refractivity contribution >= 4 is 22.8 Å². The molecule has 3 rings (SSSR count). The molecule has 6 nitrogen and oxygen atoms in total. The molecule has 1 unspecified atom stereocenters. The van der Waals surface area contributed by atoms with E-state index in [2.05, 4.69) is 52.2 Å². The van der Waals surface area contributed by atoms with Crippen LogP contribution < -0.4 is 10.6 Å². The number of hydrogen-bond donors (Lipinski definition) is 2. The van der Waals surface area contributed by atoms with Crippen LogP contribution in [-0.2, 0) is 16.0 Å². The molecule has 6 heteroatoms. The van der Waals surface area contributed by atoms with Gasteiger partial charge in [-0.25, -0.2) is 4.98 Å². The maximum atomic E-state index is 11.9. The second kappa shape index (κ2) is 6.40. The number of aromatic nitrogens is 2. The van der Waals surface area contributed by atoms with E-state index in [1.165, 1.54) is 0 Å². The fourth-order valence-corrected chi connectivity index (χ4v) is 2.91. The van der Waals surface area contributed by atoms with Gasteiger partial charge in [0, 0.05) is 19.0 Å². The lowest BCUT2D eigenvalue weighted by atomic mass is 10.1. The summed E-state index contributed by atoms with van der Waals surface area (Å²) >= 11 is 0. The van der Waals surface area contributed by atoms with Crippen LogP contribution in [0, 0.1) is 0 Å². The highest BCUT2D eigenvalue weighted by molar-refractivity contribution is 5.90. The number of carbonyl (C=O) groups excluding carboxylic acids is 2. The third-order valence-electron chi connectivity index (χ3n) is 4.22. The molecule has 1 aromatic carbocycles. The van der Waals surface area contributed by atoms with Gasteiger partial charge in [-0.2, -0.15) is 0 Å². The Morgan fingerprint density at radius 3 is 3.00 bits per heavy atom. The Balaban J connectivity index is 1.57. The number of rotatable bonds is 5. The van der Waals surface area contributed by atoms with E-state index in [0.29, 0.717) is 25.4 Å². The normalized spacial score (nSPS) is 17.7. The Kier molecular flexibility index (Phi) is 4.32. The summed E-state index contributed by atoms with van der Waals surface area (Å²) in [7, 11) is 0. The molecule has 1 aliphatic rings. The molecule has 2 N–H and O–H groups in total. The minimum atomic E-state index is -0.369. The number of imidazole rings is 1. The van der Waals surface area contributed by atoms with Crippen LogP contribution in [0.1, 0.15) is 38.3 Å². The zero-order valence-corrected chi connectivity index (χ0v) is 13.5. The van der Waals surface area contributed by atoms with Crippen LogP contribution in [0.5, 0.6) is 0 Å². The molecule has 1 atom stereocenters. The fraction of sp³-hybridized carbons (Fsp3) is 0.471. The zero-order valence-electron chi connectivity index (χ0n) is 13.5. The summed E-state index contributed by atoms with van der Waals surface area (Å²) in [5.41, 5.74) is 3.24. The van der Waals surface area contributed by atoms with Gasteiger partial charge in [0.1, 0.15) is 6.04 Å². The van der Waals surface area contributed by atoms with Gasteiger partial charge in [-0.05, 0) is 44.4 Å². The van der Waals surface area contributed by atoms with E-state index in [1.54, 1.807) is 0 Å². The van der Waals surface area contributed by atoms with E-state index >= 15 is 0 Å². The quantitative estimate of drug-likeness (QED) is 0.879. The van der Waals surface area contributed by atoms with Crippen LogP contribution in [0.2, 0.25) is 0 Å². The number of nitrogens with one attached hydrogen (secondary N) is 2. The number of nitrogens with zero attached hydrogens (tertiary/aromatic N) is 2. The summed E-state index contributed by atoms with van der Waals surface area (Å²) in [5.74, 6) is -0.141. The molecule has 2 heterocycles. The predicted octanol–water partition coefficient (Wildman–Crippen LogP) is 1.55. The van der Waals surface area contributed by atoms with E-state index in [1.807, 2.05) is 6.33 Å². The van der Waals surface area contributed by atoms with E-state index in [-0.39, 0.29) is 17.9 Å². The smallest absolute Gasteiger partial charge is 0.242 e. The van der Waals surface area contributed by atoms with E-state index < -0.39 is 0 Å². The van der Waals surface area contributed by atoms with Crippen molar-refractivity contribution < 1.29 is 9.59 Å². The van der Waals surface area contributed by atoms with Crippen molar-refractivity contribution in [2.75, 3.05) is 6.54 Å². The lowest BCUT2D eigenvalue weighted by molar-refractivity contribution is -0.125. The zero-order chi connectivity index (χ0) is 16.4. The molecule has 0 saturated carbocycles. The second-order valence-electron chi connectivity index (χ2n) is 6.27. The average Bonchev–Trinajstić information content (AvgIpc) is 3.12. The third kappa shape index (κ3) is 3.36. The van der Waals surface area contributed by atoms with Gasteiger partial charge in [0.05, 0.1) is 17.4 Å². The summed E-state index contributed by atoms with van der Waals surface area (Å²) in [5, 5.41) is 5.56. The van der Waals surface area contributed by atoms with E-state index in [0.717, 1.165) is 23.0 Å². The van der Waals surface area contributed by atoms with E-state index in [4.69, 9.17) is 0 Å². The van der Waals surface area contributed by atoms with Crippen LogP contribution in [0.4, 0.5) is 0 Å². The highest BCUT2D eigenvalue weighted by atomic mass is 16.2. The molecular weight excluding hydrogens is 292 g/mol. The number of benzene rings is 1. The van der Waals surface area contributed by atoms with Crippen molar-refractivity contribution in [2.24, 2.45) is 0 Å². The molecule has 1 aliphatic heterocycles. The molecule has 0 spiro atoms. The number of amides is 2. The van der Waals surface area contributed by atoms with Gasteiger partial charge in [0.15, 0.2) is 0 Å². The summed E-state index contributed by atoms with van der Waals surface area (Å²) < 4.78 is 2.14. The monoisotopic (exact) mass is 314 g/mol. The minimum Gasteiger partial charge on any atom is -0.354 e. The largest absolute Gasteiger partial charge is 0.354 e. The molecule has 1 aromatic heterocycles. The summed E-state index contributed by atoms with van der Waals surface area (Å²) in [6.07, 6.45) is 3.64. The van der Waals surface area contributed by atoms with Crippen LogP contribution in [0.25, 0.3) is 11.0 Å². The molecule has 122 valence electrons. The van der Waals surface area contributed by atoms with Crippen LogP contribution >= 0.6 is 0 Å². The summed E-state index contributed by atoms with van der Waals surface area (Å²) in [4.78, 5) is 27.5. The molecule has 2 aromatic rings. The van der Waals surface area contributed by atoms with Crippen LogP contribution in [-0.4, -0.2) is 34.0 Å². The Labute approximate surface area is 135 Å². The maximum absolute atomic E-state index is 11.9. The molecule has 23 heavy (non-hydrogen) atoms. The lowest BCUT2D eigenvalue weighted by Gasteiger charge is -2.11. The van der Waals surface area contributed by atoms with Gasteiger partial charge in [-0.3, -0.25) is 9.59 Å². The van der Waals surface area contributed by atoms with Gasteiger partial charge in [0.2, 0.25) is 11.8 Å². The van der Waals surface area contributed by atoms with Crippen LogP contribution in [0.15, 0.2) is 24.5 Å². The van der Waals surface area contributed by atoms with Crippen molar-refractivity contribution in [1.82, 2.24) is 20.2 Å². The highest BCUT2D eigenvalue weighted by Gasteiger charge is 2.26. The number of hydrogen-bond acceptors (Lipinski definition) is 3. The SMILES string of the molecule is CC(C)n1cnc2cc(CCNC(=O)C3CCC(=O)N3)ccc21. The summed E-state index contributed by atoms with van der Waals surface area (Å²) in [6, 6.07) is 6.24. The molecule has 1 saturated heterocycles. The first kappa shape index (κ1) is 15.5. The lowest BCUT2D eigenvalue weighted by Crippen LogP contribution is -2.42. The molecule has 0 aliphatic carbocycles. The standard InChI is InChI=1S/C17H22N4O2/c1-11(2)21-10-19-14-9-12(3-5-15(14)21)7-8-18-17(23)13-4-6-16(22)20-13/h3,5,9-11,13H,4,6-8H2,1-2H3,(H,18,23)(H,20,22). The van der Waals surface area contributed by atoms with E-state index in [9.17, 15) is 9.59 Å². The average molecular weight is 314 g/mol. The van der Waals surface area contributed by atoms with Gasteiger partial charge in [0.25, 0.3) is 0 Å². The first-order chi connectivity index (χ1) is 11.0. The van der Waals surface area contributed by atoms with Crippen LogP contribution in [0.3, 0.4) is 0 Å². The van der Waals surface area contributed by atoms with Crippen molar-refractivity contribution in [3.8, 4) is 0 Å². The number of carbonyl (C=O) groups is 2. The molecule has 2 amide bonds. The molecule has 0 bridgehead atoms.